The summed E-state index contributed by atoms with van der Waals surface area (Å²) in [5, 5.41) is 6.63. The fraction of sp³-hybridized carbons (Fsp3) is 0.706. The highest BCUT2D eigenvalue weighted by molar-refractivity contribution is 14.0. The first kappa shape index (κ1) is 23.2. The average molecular weight is 452 g/mol. The summed E-state index contributed by atoms with van der Waals surface area (Å²) in [5.74, 6) is 1.70. The number of nitrogens with one attached hydrogen (secondary N) is 2. The Morgan fingerprint density at radius 3 is 2.75 bits per heavy atom. The van der Waals surface area contributed by atoms with Crippen LogP contribution in [0.4, 0.5) is 0 Å². The number of nitrogens with zero attached hydrogens (tertiary/aromatic N) is 2. The van der Waals surface area contributed by atoms with Crippen molar-refractivity contribution in [3.63, 3.8) is 0 Å². The fourth-order valence-corrected chi connectivity index (χ4v) is 2.05. The third-order valence-corrected chi connectivity index (χ3v) is 3.91. The van der Waals surface area contributed by atoms with Gasteiger partial charge in [-0.25, -0.2) is 0 Å². The average Bonchev–Trinajstić information content (AvgIpc) is 3.08. The third-order valence-electron chi connectivity index (χ3n) is 3.91. The summed E-state index contributed by atoms with van der Waals surface area (Å²) in [6.07, 6.45) is 3.75. The molecule has 0 saturated heterocycles. The maximum absolute atomic E-state index is 5.54. The lowest BCUT2D eigenvalue weighted by Crippen LogP contribution is -2.42. The molecule has 0 amide bonds. The first-order chi connectivity index (χ1) is 11.2. The van der Waals surface area contributed by atoms with Crippen molar-refractivity contribution in [1.29, 1.82) is 0 Å². The van der Waals surface area contributed by atoms with E-state index in [4.69, 9.17) is 9.15 Å². The zero-order valence-electron chi connectivity index (χ0n) is 15.4. The summed E-state index contributed by atoms with van der Waals surface area (Å²) < 4.78 is 10.8. The van der Waals surface area contributed by atoms with Gasteiger partial charge in [0.1, 0.15) is 12.4 Å². The molecular formula is C17H33IN4O2. The number of rotatable bonds is 11. The van der Waals surface area contributed by atoms with Gasteiger partial charge in [0.05, 0.1) is 6.26 Å². The number of hydrogen-bond acceptors (Lipinski definition) is 4. The quantitative estimate of drug-likeness (QED) is 0.234. The second kappa shape index (κ2) is 14.5. The Morgan fingerprint density at radius 2 is 2.12 bits per heavy atom. The van der Waals surface area contributed by atoms with Gasteiger partial charge >= 0.3 is 0 Å². The Labute approximate surface area is 163 Å². The van der Waals surface area contributed by atoms with E-state index in [1.165, 1.54) is 6.42 Å². The zero-order valence-corrected chi connectivity index (χ0v) is 17.7. The molecule has 0 spiro atoms. The van der Waals surface area contributed by atoms with Crippen molar-refractivity contribution in [3.05, 3.63) is 24.2 Å². The largest absolute Gasteiger partial charge is 0.467 e. The van der Waals surface area contributed by atoms with Crippen molar-refractivity contribution < 1.29 is 9.15 Å². The van der Waals surface area contributed by atoms with Crippen molar-refractivity contribution in [2.75, 3.05) is 40.3 Å². The predicted molar refractivity (Wildman–Crippen MR) is 110 cm³/mol. The van der Waals surface area contributed by atoms with Crippen molar-refractivity contribution >= 4 is 29.9 Å². The van der Waals surface area contributed by atoms with Crippen LogP contribution in [0, 0.1) is 0 Å². The van der Waals surface area contributed by atoms with Crippen LogP contribution in [-0.4, -0.2) is 57.2 Å². The van der Waals surface area contributed by atoms with Gasteiger partial charge < -0.3 is 24.7 Å². The highest BCUT2D eigenvalue weighted by atomic mass is 127. The minimum atomic E-state index is 0. The van der Waals surface area contributed by atoms with Crippen LogP contribution in [0.15, 0.2) is 27.8 Å². The first-order valence-electron chi connectivity index (χ1n) is 8.42. The van der Waals surface area contributed by atoms with E-state index in [-0.39, 0.29) is 24.0 Å². The molecule has 24 heavy (non-hydrogen) atoms. The summed E-state index contributed by atoms with van der Waals surface area (Å²) in [6.45, 7) is 8.40. The van der Waals surface area contributed by atoms with Gasteiger partial charge in [0.25, 0.3) is 0 Å². The Hall–Kier alpha value is -0.800. The summed E-state index contributed by atoms with van der Waals surface area (Å²) >= 11 is 0. The Kier molecular flexibility index (Phi) is 14.1. The van der Waals surface area contributed by atoms with Crippen LogP contribution in [-0.2, 0) is 11.3 Å². The lowest BCUT2D eigenvalue weighted by atomic mass is 10.2. The molecule has 0 fully saturated rings. The first-order valence-corrected chi connectivity index (χ1v) is 8.42. The molecular weight excluding hydrogens is 419 g/mol. The van der Waals surface area contributed by atoms with Crippen molar-refractivity contribution in [1.82, 2.24) is 15.5 Å². The molecule has 0 aliphatic carbocycles. The highest BCUT2D eigenvalue weighted by Gasteiger charge is 2.06. The smallest absolute Gasteiger partial charge is 0.191 e. The molecule has 7 heteroatoms. The SMILES string of the molecule is CCC(C)N(C)CCNC(=NC)NCCCOCc1ccco1.I. The van der Waals surface area contributed by atoms with E-state index in [0.717, 1.165) is 37.8 Å². The molecule has 1 atom stereocenters. The standard InChI is InChI=1S/C17H32N4O2.HI/c1-5-15(2)21(4)11-10-20-17(18-3)19-9-7-12-22-14-16-8-6-13-23-16;/h6,8,13,15H,5,7,9-12,14H2,1-4H3,(H2,18,19,20);1H. The lowest BCUT2D eigenvalue weighted by Gasteiger charge is -2.23. The van der Waals surface area contributed by atoms with Crippen LogP contribution in [0.1, 0.15) is 32.4 Å². The Bertz CT molecular complexity index is 426. The van der Waals surface area contributed by atoms with Crippen molar-refractivity contribution in [2.24, 2.45) is 4.99 Å². The zero-order chi connectivity index (χ0) is 16.9. The van der Waals surface area contributed by atoms with Crippen molar-refractivity contribution in [2.45, 2.75) is 39.3 Å². The second-order valence-corrected chi connectivity index (χ2v) is 5.65. The highest BCUT2D eigenvalue weighted by Crippen LogP contribution is 2.01. The molecule has 0 radical (unpaired) electrons. The predicted octanol–water partition coefficient (Wildman–Crippen LogP) is 2.70. The molecule has 0 saturated carbocycles. The number of hydrogen-bond donors (Lipinski definition) is 2. The summed E-state index contributed by atoms with van der Waals surface area (Å²) in [7, 11) is 3.95. The molecule has 0 aliphatic rings. The maximum Gasteiger partial charge on any atom is 0.191 e. The molecule has 6 nitrogen and oxygen atoms in total. The van der Waals surface area contributed by atoms with E-state index in [1.54, 1.807) is 13.3 Å². The van der Waals surface area contributed by atoms with Gasteiger partial charge in [0.2, 0.25) is 0 Å². The second-order valence-electron chi connectivity index (χ2n) is 5.65. The fourth-order valence-electron chi connectivity index (χ4n) is 2.05. The molecule has 0 bridgehead atoms. The van der Waals surface area contributed by atoms with E-state index in [2.05, 4.69) is 41.4 Å². The van der Waals surface area contributed by atoms with Gasteiger partial charge in [0, 0.05) is 39.3 Å². The van der Waals surface area contributed by atoms with Crippen LogP contribution in [0.5, 0.6) is 0 Å². The number of guanidine groups is 1. The minimum Gasteiger partial charge on any atom is -0.467 e. The molecule has 1 aromatic rings. The summed E-state index contributed by atoms with van der Waals surface area (Å²) in [4.78, 5) is 6.58. The van der Waals surface area contributed by atoms with E-state index in [9.17, 15) is 0 Å². The van der Waals surface area contributed by atoms with Gasteiger partial charge in [-0.1, -0.05) is 6.92 Å². The number of aliphatic imine (C=N–C) groups is 1. The molecule has 0 aromatic carbocycles. The molecule has 1 aromatic heterocycles. The molecule has 1 rings (SSSR count). The van der Waals surface area contributed by atoms with Crippen molar-refractivity contribution in [3.8, 4) is 0 Å². The molecule has 140 valence electrons. The van der Waals surface area contributed by atoms with Gasteiger partial charge in [-0.15, -0.1) is 24.0 Å². The topological polar surface area (TPSA) is 62.0 Å². The van der Waals surface area contributed by atoms with Gasteiger partial charge in [-0.3, -0.25) is 4.99 Å². The van der Waals surface area contributed by atoms with Gasteiger partial charge in [-0.05, 0) is 38.9 Å². The molecule has 2 N–H and O–H groups in total. The lowest BCUT2D eigenvalue weighted by molar-refractivity contribution is 0.105. The number of ether oxygens (including phenoxy) is 1. The Morgan fingerprint density at radius 1 is 1.38 bits per heavy atom. The van der Waals surface area contributed by atoms with Gasteiger partial charge in [0.15, 0.2) is 5.96 Å². The minimum absolute atomic E-state index is 0. The van der Waals surface area contributed by atoms with Gasteiger partial charge in [-0.2, -0.15) is 0 Å². The van der Waals surface area contributed by atoms with E-state index < -0.39 is 0 Å². The van der Waals surface area contributed by atoms with E-state index in [0.29, 0.717) is 19.3 Å². The molecule has 1 heterocycles. The molecule has 1 unspecified atom stereocenters. The van der Waals surface area contributed by atoms with Crippen LogP contribution in [0.2, 0.25) is 0 Å². The van der Waals surface area contributed by atoms with E-state index in [1.807, 2.05) is 12.1 Å². The Balaban J connectivity index is 0.00000529. The normalized spacial score (nSPS) is 12.8. The van der Waals surface area contributed by atoms with E-state index >= 15 is 0 Å². The third kappa shape index (κ3) is 10.1. The number of halogens is 1. The summed E-state index contributed by atoms with van der Waals surface area (Å²) in [5.41, 5.74) is 0. The van der Waals surface area contributed by atoms with Crippen LogP contribution >= 0.6 is 24.0 Å². The van der Waals surface area contributed by atoms with Crippen LogP contribution < -0.4 is 10.6 Å². The number of likely N-dealkylation sites (N-methyl/N-ethyl adjacent to an activating group) is 1. The van der Waals surface area contributed by atoms with Crippen LogP contribution in [0.25, 0.3) is 0 Å². The maximum atomic E-state index is 5.54. The number of furan rings is 1. The summed E-state index contributed by atoms with van der Waals surface area (Å²) in [6, 6.07) is 4.40. The molecule has 0 aliphatic heterocycles. The van der Waals surface area contributed by atoms with Crippen LogP contribution in [0.3, 0.4) is 0 Å². The monoisotopic (exact) mass is 452 g/mol.